The summed E-state index contributed by atoms with van der Waals surface area (Å²) in [5.41, 5.74) is 9.22. The molecule has 2 N–H and O–H groups in total. The van der Waals surface area contributed by atoms with Crippen LogP contribution in [0.5, 0.6) is 11.5 Å². The molecule has 16 heavy (non-hydrogen) atoms. The minimum absolute atomic E-state index is 0.351. The number of hydrogen-bond acceptors (Lipinski definition) is 3. The Kier molecular flexibility index (Phi) is 3.34. The van der Waals surface area contributed by atoms with Gasteiger partial charge in [-0.15, -0.1) is 0 Å². The smallest absolute Gasteiger partial charge is 0.231 e. The van der Waals surface area contributed by atoms with Gasteiger partial charge >= 0.3 is 0 Å². The van der Waals surface area contributed by atoms with E-state index < -0.39 is 0 Å². The molecule has 0 saturated heterocycles. The van der Waals surface area contributed by atoms with E-state index in [-0.39, 0.29) is 0 Å². The third kappa shape index (κ3) is 2.00. The highest BCUT2D eigenvalue weighted by Crippen LogP contribution is 2.40. The first-order valence-corrected chi connectivity index (χ1v) is 5.82. The van der Waals surface area contributed by atoms with Crippen LogP contribution in [0, 0.1) is 13.8 Å². The summed E-state index contributed by atoms with van der Waals surface area (Å²) in [6, 6.07) is 2.21. The van der Waals surface area contributed by atoms with Gasteiger partial charge in [-0.1, -0.05) is 6.07 Å². The molecule has 0 unspecified atom stereocenters. The molecule has 2 rings (SSSR count). The summed E-state index contributed by atoms with van der Waals surface area (Å²) < 4.78 is 11.1. The summed E-state index contributed by atoms with van der Waals surface area (Å²) in [6.07, 6.45) is 3.18. The summed E-state index contributed by atoms with van der Waals surface area (Å²) in [4.78, 5) is 0. The minimum atomic E-state index is 0.351. The van der Waals surface area contributed by atoms with Crippen molar-refractivity contribution < 1.29 is 9.47 Å². The van der Waals surface area contributed by atoms with Crippen LogP contribution in [0.1, 0.15) is 29.5 Å². The molecule has 0 aromatic heterocycles. The topological polar surface area (TPSA) is 44.5 Å². The normalized spacial score (nSPS) is 13.2. The molecule has 1 aliphatic rings. The molecule has 0 fully saturated rings. The molecule has 0 atom stereocenters. The van der Waals surface area contributed by atoms with E-state index in [2.05, 4.69) is 19.9 Å². The number of unbranched alkanes of at least 4 members (excludes halogenated alkanes) is 1. The lowest BCUT2D eigenvalue weighted by molar-refractivity contribution is 0.172. The molecule has 1 aromatic carbocycles. The first kappa shape index (κ1) is 11.3. The lowest BCUT2D eigenvalue weighted by atomic mass is 10.00. The van der Waals surface area contributed by atoms with Crippen molar-refractivity contribution >= 4 is 0 Å². The second-order valence-corrected chi connectivity index (χ2v) is 4.29. The summed E-state index contributed by atoms with van der Waals surface area (Å²) in [6.45, 7) is 5.30. The maximum atomic E-state index is 5.54. The highest BCUT2D eigenvalue weighted by atomic mass is 16.7. The fourth-order valence-corrected chi connectivity index (χ4v) is 2.06. The summed E-state index contributed by atoms with van der Waals surface area (Å²) in [7, 11) is 0. The summed E-state index contributed by atoms with van der Waals surface area (Å²) in [5, 5.41) is 0. The van der Waals surface area contributed by atoms with Gasteiger partial charge in [-0.05, 0) is 56.3 Å². The van der Waals surface area contributed by atoms with Crippen molar-refractivity contribution in [3.05, 3.63) is 22.8 Å². The number of nitrogens with two attached hydrogens (primary N) is 1. The Hall–Kier alpha value is -1.22. The first-order valence-electron chi connectivity index (χ1n) is 5.82. The molecule has 0 radical (unpaired) electrons. The van der Waals surface area contributed by atoms with Crippen molar-refractivity contribution in [2.24, 2.45) is 5.73 Å². The molecular weight excluding hydrogens is 202 g/mol. The van der Waals surface area contributed by atoms with Gasteiger partial charge in [0.1, 0.15) is 0 Å². The van der Waals surface area contributed by atoms with Crippen LogP contribution in [0.15, 0.2) is 6.07 Å². The van der Waals surface area contributed by atoms with Gasteiger partial charge < -0.3 is 15.2 Å². The van der Waals surface area contributed by atoms with Gasteiger partial charge in [0.2, 0.25) is 6.79 Å². The van der Waals surface area contributed by atoms with Crippen LogP contribution in [0.2, 0.25) is 0 Å². The molecule has 3 heteroatoms. The van der Waals surface area contributed by atoms with Crippen LogP contribution in [0.25, 0.3) is 0 Å². The van der Waals surface area contributed by atoms with Crippen LogP contribution in [-0.4, -0.2) is 13.3 Å². The van der Waals surface area contributed by atoms with E-state index in [0.29, 0.717) is 6.79 Å². The maximum Gasteiger partial charge on any atom is 0.231 e. The Bertz CT molecular complexity index is 388. The van der Waals surface area contributed by atoms with Crippen LogP contribution in [0.4, 0.5) is 0 Å². The van der Waals surface area contributed by atoms with Crippen molar-refractivity contribution in [2.45, 2.75) is 33.1 Å². The van der Waals surface area contributed by atoms with Gasteiger partial charge in [0.05, 0.1) is 0 Å². The predicted molar refractivity (Wildman–Crippen MR) is 64.0 cm³/mol. The Labute approximate surface area is 96.5 Å². The molecule has 0 aliphatic carbocycles. The second-order valence-electron chi connectivity index (χ2n) is 4.29. The molecule has 0 amide bonds. The zero-order valence-corrected chi connectivity index (χ0v) is 10.0. The first-order chi connectivity index (χ1) is 7.74. The van der Waals surface area contributed by atoms with E-state index in [1.807, 2.05) is 0 Å². The highest BCUT2D eigenvalue weighted by molar-refractivity contribution is 5.56. The van der Waals surface area contributed by atoms with Crippen molar-refractivity contribution in [3.63, 3.8) is 0 Å². The summed E-state index contributed by atoms with van der Waals surface area (Å²) in [5.74, 6) is 1.88. The average molecular weight is 221 g/mol. The lowest BCUT2D eigenvalue weighted by Gasteiger charge is -2.10. The summed E-state index contributed by atoms with van der Waals surface area (Å²) >= 11 is 0. The zero-order valence-electron chi connectivity index (χ0n) is 10.0. The Morgan fingerprint density at radius 1 is 1.19 bits per heavy atom. The van der Waals surface area contributed by atoms with Gasteiger partial charge in [0.15, 0.2) is 11.5 Å². The van der Waals surface area contributed by atoms with Gasteiger partial charge in [-0.25, -0.2) is 0 Å². The molecular formula is C13H19NO2. The van der Waals surface area contributed by atoms with Crippen molar-refractivity contribution in [2.75, 3.05) is 13.3 Å². The Morgan fingerprint density at radius 3 is 2.69 bits per heavy atom. The average Bonchev–Trinajstić information content (AvgIpc) is 2.74. The monoisotopic (exact) mass is 221 g/mol. The Morgan fingerprint density at radius 2 is 1.94 bits per heavy atom. The number of ether oxygens (including phenoxy) is 2. The molecule has 1 aliphatic heterocycles. The van der Waals surface area contributed by atoms with E-state index in [9.17, 15) is 0 Å². The maximum absolute atomic E-state index is 5.54. The standard InChI is InChI=1S/C13H19NO2/c1-9-7-11(5-3-4-6-14)13-12(10(9)2)15-8-16-13/h7H,3-6,8,14H2,1-2H3. The number of hydrogen-bond donors (Lipinski definition) is 1. The number of benzene rings is 1. The highest BCUT2D eigenvalue weighted by Gasteiger charge is 2.21. The quantitative estimate of drug-likeness (QED) is 0.793. The van der Waals surface area contributed by atoms with Crippen molar-refractivity contribution in [1.29, 1.82) is 0 Å². The third-order valence-electron chi connectivity index (χ3n) is 3.13. The molecule has 0 spiro atoms. The van der Waals surface area contributed by atoms with Crippen molar-refractivity contribution in [1.82, 2.24) is 0 Å². The van der Waals surface area contributed by atoms with E-state index >= 15 is 0 Å². The number of rotatable bonds is 4. The third-order valence-corrected chi connectivity index (χ3v) is 3.13. The predicted octanol–water partition coefficient (Wildman–Crippen LogP) is 2.31. The van der Waals surface area contributed by atoms with Gasteiger partial charge in [-0.3, -0.25) is 0 Å². The van der Waals surface area contributed by atoms with Crippen LogP contribution in [0.3, 0.4) is 0 Å². The minimum Gasteiger partial charge on any atom is -0.453 e. The molecule has 1 aromatic rings. The molecule has 0 bridgehead atoms. The largest absolute Gasteiger partial charge is 0.453 e. The molecule has 3 nitrogen and oxygen atoms in total. The van der Waals surface area contributed by atoms with Crippen LogP contribution in [-0.2, 0) is 6.42 Å². The van der Waals surface area contributed by atoms with E-state index in [1.54, 1.807) is 0 Å². The lowest BCUT2D eigenvalue weighted by Crippen LogP contribution is -2.00. The van der Waals surface area contributed by atoms with Gasteiger partial charge in [0.25, 0.3) is 0 Å². The fourth-order valence-electron chi connectivity index (χ4n) is 2.06. The van der Waals surface area contributed by atoms with E-state index in [1.165, 1.54) is 16.7 Å². The van der Waals surface area contributed by atoms with Crippen molar-refractivity contribution in [3.8, 4) is 11.5 Å². The van der Waals surface area contributed by atoms with E-state index in [4.69, 9.17) is 15.2 Å². The zero-order chi connectivity index (χ0) is 11.5. The molecule has 1 heterocycles. The number of aryl methyl sites for hydroxylation is 2. The second kappa shape index (κ2) is 4.74. The van der Waals surface area contributed by atoms with Crippen LogP contribution < -0.4 is 15.2 Å². The van der Waals surface area contributed by atoms with Crippen LogP contribution >= 0.6 is 0 Å². The number of fused-ring (bicyclic) bond motifs is 1. The van der Waals surface area contributed by atoms with Gasteiger partial charge in [-0.2, -0.15) is 0 Å². The van der Waals surface area contributed by atoms with Gasteiger partial charge in [0, 0.05) is 0 Å². The van der Waals surface area contributed by atoms with E-state index in [0.717, 1.165) is 37.3 Å². The SMILES string of the molecule is Cc1cc(CCCCN)c2c(c1C)OCO2. The fraction of sp³-hybridized carbons (Fsp3) is 0.538. The molecule has 88 valence electrons. The Balaban J connectivity index is 2.25. The molecule has 0 saturated carbocycles.